The van der Waals surface area contributed by atoms with Crippen molar-refractivity contribution in [2.75, 3.05) is 18.9 Å². The fraction of sp³-hybridized carbons (Fsp3) is 0.312. The van der Waals surface area contributed by atoms with Crippen molar-refractivity contribution in [1.29, 1.82) is 0 Å². The van der Waals surface area contributed by atoms with Crippen LogP contribution in [-0.2, 0) is 0 Å². The highest BCUT2D eigenvalue weighted by Crippen LogP contribution is 2.17. The lowest BCUT2D eigenvalue weighted by Gasteiger charge is -2.12. The van der Waals surface area contributed by atoms with Crippen LogP contribution in [0, 0.1) is 0 Å². The van der Waals surface area contributed by atoms with Gasteiger partial charge in [-0.25, -0.2) is 0 Å². The number of carbonyl (C=O) groups excluding carboxylic acids is 1. The normalized spacial score (nSPS) is 11.7. The summed E-state index contributed by atoms with van der Waals surface area (Å²) in [7, 11) is 1.76. The molecule has 0 aliphatic carbocycles. The van der Waals surface area contributed by atoms with Gasteiger partial charge in [0.1, 0.15) is 5.82 Å². The molecule has 1 aromatic carbocycles. The molecule has 0 fully saturated rings. The van der Waals surface area contributed by atoms with Crippen molar-refractivity contribution in [2.24, 2.45) is 0 Å². The van der Waals surface area contributed by atoms with E-state index in [9.17, 15) is 4.79 Å². The van der Waals surface area contributed by atoms with E-state index in [-0.39, 0.29) is 5.91 Å². The minimum Gasteiger partial charge on any atom is -0.372 e. The van der Waals surface area contributed by atoms with Crippen LogP contribution in [0.15, 0.2) is 42.5 Å². The van der Waals surface area contributed by atoms with Gasteiger partial charge < -0.3 is 10.6 Å². The molecular weight excluding hydrogens is 264 g/mol. The number of aromatic nitrogens is 2. The first-order valence-electron chi connectivity index (χ1n) is 7.05. The Morgan fingerprint density at radius 1 is 1.14 bits per heavy atom. The Bertz CT molecular complexity index is 569. The zero-order chi connectivity index (χ0) is 15.1. The average molecular weight is 284 g/mol. The lowest BCUT2D eigenvalue weighted by atomic mass is 9.98. The van der Waals surface area contributed by atoms with Crippen molar-refractivity contribution in [3.63, 3.8) is 0 Å². The van der Waals surface area contributed by atoms with Gasteiger partial charge in [-0.05, 0) is 30.0 Å². The van der Waals surface area contributed by atoms with Gasteiger partial charge in [0.05, 0.1) is 0 Å². The number of carbonyl (C=O) groups is 1. The van der Waals surface area contributed by atoms with E-state index in [1.807, 2.05) is 18.2 Å². The second kappa shape index (κ2) is 7.38. The maximum absolute atomic E-state index is 11.9. The number of hydrogen-bond donors (Lipinski definition) is 2. The summed E-state index contributed by atoms with van der Waals surface area (Å²) in [4.78, 5) is 11.9. The zero-order valence-electron chi connectivity index (χ0n) is 12.3. The molecule has 0 saturated carbocycles. The third-order valence-electron chi connectivity index (χ3n) is 3.38. The van der Waals surface area contributed by atoms with Gasteiger partial charge in [-0.3, -0.25) is 4.79 Å². The minimum absolute atomic E-state index is 0.189. The quantitative estimate of drug-likeness (QED) is 0.855. The molecule has 0 saturated heterocycles. The Kier molecular flexibility index (Phi) is 5.26. The van der Waals surface area contributed by atoms with Crippen molar-refractivity contribution < 1.29 is 4.79 Å². The molecule has 5 nitrogen and oxygen atoms in total. The molecule has 2 N–H and O–H groups in total. The van der Waals surface area contributed by atoms with Gasteiger partial charge in [0.15, 0.2) is 5.69 Å². The molecule has 1 atom stereocenters. The third-order valence-corrected chi connectivity index (χ3v) is 3.38. The van der Waals surface area contributed by atoms with Crippen LogP contribution in [0.1, 0.15) is 35.3 Å². The number of rotatable bonds is 6. The van der Waals surface area contributed by atoms with Gasteiger partial charge in [-0.15, -0.1) is 10.2 Å². The van der Waals surface area contributed by atoms with E-state index in [0.717, 1.165) is 6.42 Å². The maximum atomic E-state index is 11.9. The minimum atomic E-state index is -0.189. The van der Waals surface area contributed by atoms with Crippen molar-refractivity contribution in [2.45, 2.75) is 19.3 Å². The van der Waals surface area contributed by atoms with E-state index < -0.39 is 0 Å². The highest BCUT2D eigenvalue weighted by atomic mass is 16.1. The SMILES string of the molecule is CNc1ccc(C(=O)NCCC(C)c2ccccc2)nn1. The molecule has 0 radical (unpaired) electrons. The Morgan fingerprint density at radius 2 is 1.90 bits per heavy atom. The number of nitrogens with zero attached hydrogens (tertiary/aromatic N) is 2. The molecule has 2 rings (SSSR count). The summed E-state index contributed by atoms with van der Waals surface area (Å²) in [6.45, 7) is 2.77. The predicted molar refractivity (Wildman–Crippen MR) is 83.4 cm³/mol. The molecule has 21 heavy (non-hydrogen) atoms. The summed E-state index contributed by atoms with van der Waals surface area (Å²) >= 11 is 0. The highest BCUT2D eigenvalue weighted by molar-refractivity contribution is 5.92. The van der Waals surface area contributed by atoms with Gasteiger partial charge >= 0.3 is 0 Å². The lowest BCUT2D eigenvalue weighted by Crippen LogP contribution is -2.26. The summed E-state index contributed by atoms with van der Waals surface area (Å²) in [6.07, 6.45) is 0.887. The molecule has 0 bridgehead atoms. The zero-order valence-corrected chi connectivity index (χ0v) is 12.3. The van der Waals surface area contributed by atoms with Crippen LogP contribution in [0.2, 0.25) is 0 Å². The average Bonchev–Trinajstić information content (AvgIpc) is 2.55. The first kappa shape index (κ1) is 15.0. The number of benzene rings is 1. The van der Waals surface area contributed by atoms with Gasteiger partial charge in [0.25, 0.3) is 5.91 Å². The molecule has 0 spiro atoms. The number of amides is 1. The maximum Gasteiger partial charge on any atom is 0.271 e. The van der Waals surface area contributed by atoms with Gasteiger partial charge in [-0.1, -0.05) is 37.3 Å². The van der Waals surface area contributed by atoms with Gasteiger partial charge in [0.2, 0.25) is 0 Å². The van der Waals surface area contributed by atoms with Crippen molar-refractivity contribution in [1.82, 2.24) is 15.5 Å². The molecule has 1 amide bonds. The Balaban J connectivity index is 1.81. The van der Waals surface area contributed by atoms with Crippen LogP contribution < -0.4 is 10.6 Å². The Morgan fingerprint density at radius 3 is 2.52 bits per heavy atom. The van der Waals surface area contributed by atoms with Crippen LogP contribution in [0.5, 0.6) is 0 Å². The van der Waals surface area contributed by atoms with E-state index in [2.05, 4.69) is 39.9 Å². The Labute approximate surface area is 124 Å². The summed E-state index contributed by atoms with van der Waals surface area (Å²) in [5, 5.41) is 13.5. The fourth-order valence-electron chi connectivity index (χ4n) is 2.03. The fourth-order valence-corrected chi connectivity index (χ4v) is 2.03. The summed E-state index contributed by atoms with van der Waals surface area (Å²) < 4.78 is 0. The molecule has 1 aromatic heterocycles. The van der Waals surface area contributed by atoms with Crippen LogP contribution in [0.3, 0.4) is 0 Å². The van der Waals surface area contributed by atoms with Crippen LogP contribution >= 0.6 is 0 Å². The summed E-state index contributed by atoms with van der Waals surface area (Å²) in [5.74, 6) is 0.860. The molecule has 2 aromatic rings. The van der Waals surface area contributed by atoms with E-state index in [1.165, 1.54) is 5.56 Å². The second-order valence-electron chi connectivity index (χ2n) is 4.91. The molecule has 0 aliphatic heterocycles. The van der Waals surface area contributed by atoms with Crippen LogP contribution in [0.4, 0.5) is 5.82 Å². The summed E-state index contributed by atoms with van der Waals surface area (Å²) in [6, 6.07) is 13.7. The van der Waals surface area contributed by atoms with Gasteiger partial charge in [-0.2, -0.15) is 0 Å². The standard InChI is InChI=1S/C16H20N4O/c1-12(13-6-4-3-5-7-13)10-11-18-16(21)14-8-9-15(17-2)20-19-14/h3-9,12H,10-11H2,1-2H3,(H,17,20)(H,18,21). The summed E-state index contributed by atoms with van der Waals surface area (Å²) in [5.41, 5.74) is 1.62. The number of anilines is 1. The van der Waals surface area contributed by atoms with Crippen molar-refractivity contribution in [3.8, 4) is 0 Å². The largest absolute Gasteiger partial charge is 0.372 e. The van der Waals surface area contributed by atoms with E-state index in [1.54, 1.807) is 19.2 Å². The Hall–Kier alpha value is -2.43. The lowest BCUT2D eigenvalue weighted by molar-refractivity contribution is 0.0946. The second-order valence-corrected chi connectivity index (χ2v) is 4.91. The van der Waals surface area contributed by atoms with E-state index >= 15 is 0 Å². The highest BCUT2D eigenvalue weighted by Gasteiger charge is 2.09. The molecule has 0 aliphatic rings. The van der Waals surface area contributed by atoms with Crippen molar-refractivity contribution in [3.05, 3.63) is 53.7 Å². The smallest absolute Gasteiger partial charge is 0.271 e. The molecule has 110 valence electrons. The first-order chi connectivity index (χ1) is 10.2. The molecule has 1 unspecified atom stereocenters. The predicted octanol–water partition coefficient (Wildman–Crippen LogP) is 2.44. The topological polar surface area (TPSA) is 66.9 Å². The van der Waals surface area contributed by atoms with Crippen LogP contribution in [-0.4, -0.2) is 29.7 Å². The van der Waals surface area contributed by atoms with Gasteiger partial charge in [0, 0.05) is 13.6 Å². The van der Waals surface area contributed by atoms with Crippen LogP contribution in [0.25, 0.3) is 0 Å². The number of nitrogens with one attached hydrogen (secondary N) is 2. The monoisotopic (exact) mass is 284 g/mol. The van der Waals surface area contributed by atoms with E-state index in [0.29, 0.717) is 24.0 Å². The van der Waals surface area contributed by atoms with Crippen molar-refractivity contribution >= 4 is 11.7 Å². The first-order valence-corrected chi connectivity index (χ1v) is 7.05. The third kappa shape index (κ3) is 4.27. The molecule has 5 heteroatoms. The molecular formula is C16H20N4O. The van der Waals surface area contributed by atoms with E-state index in [4.69, 9.17) is 0 Å². The molecule has 1 heterocycles. The number of hydrogen-bond acceptors (Lipinski definition) is 4.